The maximum Gasteiger partial charge on any atom is 0.192 e. The van der Waals surface area contributed by atoms with Crippen LogP contribution in [0.15, 0.2) is 60.7 Å². The predicted molar refractivity (Wildman–Crippen MR) is 202 cm³/mol. The summed E-state index contributed by atoms with van der Waals surface area (Å²) in [7, 11) is -1.75. The van der Waals surface area contributed by atoms with Gasteiger partial charge in [0.05, 0.1) is 11.4 Å². The van der Waals surface area contributed by atoms with Crippen molar-refractivity contribution in [2.75, 3.05) is 50.8 Å². The molecule has 0 bridgehead atoms. The molecule has 256 valence electrons. The Kier molecular flexibility index (Phi) is 12.1. The van der Waals surface area contributed by atoms with E-state index in [1.807, 2.05) is 0 Å². The van der Waals surface area contributed by atoms with Gasteiger partial charge < -0.3 is 14.4 Å². The van der Waals surface area contributed by atoms with E-state index in [0.717, 1.165) is 123 Å². The Balaban J connectivity index is 1.38. The molecule has 1 aliphatic heterocycles. The highest BCUT2D eigenvalue weighted by Crippen LogP contribution is 2.37. The van der Waals surface area contributed by atoms with Gasteiger partial charge >= 0.3 is 0 Å². The first kappa shape index (κ1) is 35.8. The van der Waals surface area contributed by atoms with Crippen molar-refractivity contribution >= 4 is 19.8 Å². The average molecular weight is 666 g/mol. The fraction of sp³-hybridized carbons (Fsp3) is 0.500. The van der Waals surface area contributed by atoms with E-state index in [1.165, 1.54) is 0 Å². The molecule has 3 heterocycles. The topological polar surface area (TPSA) is 66.1 Å². The Morgan fingerprint density at radius 1 is 0.875 bits per heavy atom. The van der Waals surface area contributed by atoms with Gasteiger partial charge in [-0.1, -0.05) is 94.3 Å². The Labute approximate surface area is 289 Å². The zero-order chi connectivity index (χ0) is 34.1. The van der Waals surface area contributed by atoms with Gasteiger partial charge in [0.2, 0.25) is 0 Å². The number of nitrogens with zero attached hydrogens (tertiary/aromatic N) is 5. The van der Waals surface area contributed by atoms with Crippen LogP contribution in [0.5, 0.6) is 0 Å². The summed E-state index contributed by atoms with van der Waals surface area (Å²) >= 11 is 0. The largest absolute Gasteiger partial charge is 0.416 e. The van der Waals surface area contributed by atoms with Crippen molar-refractivity contribution < 1.29 is 9.53 Å². The third-order valence-electron chi connectivity index (χ3n) is 10.0. The maximum absolute atomic E-state index is 8.98. The van der Waals surface area contributed by atoms with Crippen LogP contribution in [-0.4, -0.2) is 78.9 Å². The van der Waals surface area contributed by atoms with E-state index in [4.69, 9.17) is 19.6 Å². The lowest BCUT2D eigenvalue weighted by molar-refractivity contribution is 0.190. The van der Waals surface area contributed by atoms with Crippen LogP contribution in [0, 0.1) is 18.8 Å². The number of aryl methyl sites for hydroxylation is 1. The third-order valence-corrected chi connectivity index (χ3v) is 14.6. The standard InChI is InChI=1S/C40H55N5O2Si/c1-32-38(34-20-14-12-15-21-34)39-41-36(35-22-17-19-33(30-35)18-13-10-8-7-9-11-16-28-46)31-37(45(39)42-32)44-25-23-43(24-26-44)27-29-47-48(5,6)40(2,3)4/h12,14-15,17,19-22,30-31,46H,7-11,16,23-29H2,1-6H3. The molecule has 0 amide bonds. The summed E-state index contributed by atoms with van der Waals surface area (Å²) in [6.07, 6.45) is 6.30. The number of anilines is 1. The van der Waals surface area contributed by atoms with Crippen molar-refractivity contribution in [1.29, 1.82) is 0 Å². The van der Waals surface area contributed by atoms with Gasteiger partial charge in [0.15, 0.2) is 14.0 Å². The minimum Gasteiger partial charge on any atom is -0.416 e. The maximum atomic E-state index is 8.98. The minimum absolute atomic E-state index is 0.226. The van der Waals surface area contributed by atoms with Crippen LogP contribution in [0.3, 0.4) is 0 Å². The van der Waals surface area contributed by atoms with E-state index in [1.54, 1.807) is 0 Å². The Bertz CT molecular complexity index is 1690. The minimum atomic E-state index is -1.75. The lowest BCUT2D eigenvalue weighted by atomic mass is 10.1. The monoisotopic (exact) mass is 665 g/mol. The van der Waals surface area contributed by atoms with Crippen molar-refractivity contribution in [3.63, 3.8) is 0 Å². The summed E-state index contributed by atoms with van der Waals surface area (Å²) in [5.74, 6) is 7.85. The van der Waals surface area contributed by atoms with Crippen LogP contribution < -0.4 is 4.90 Å². The second-order valence-electron chi connectivity index (χ2n) is 14.6. The van der Waals surface area contributed by atoms with E-state index < -0.39 is 8.32 Å². The van der Waals surface area contributed by atoms with Crippen molar-refractivity contribution in [3.8, 4) is 34.2 Å². The van der Waals surface area contributed by atoms with Gasteiger partial charge in [-0.2, -0.15) is 9.61 Å². The Hall–Kier alpha value is -3.48. The van der Waals surface area contributed by atoms with Crippen molar-refractivity contribution in [1.82, 2.24) is 19.5 Å². The number of piperazine rings is 1. The predicted octanol–water partition coefficient (Wildman–Crippen LogP) is 8.20. The molecule has 0 aliphatic carbocycles. The van der Waals surface area contributed by atoms with Gasteiger partial charge in [-0.25, -0.2) is 4.98 Å². The van der Waals surface area contributed by atoms with Crippen molar-refractivity contribution in [2.24, 2.45) is 0 Å². The molecule has 1 saturated heterocycles. The number of hydrogen-bond donors (Lipinski definition) is 1. The van der Waals surface area contributed by atoms with Crippen LogP contribution in [0.1, 0.15) is 70.6 Å². The molecule has 0 saturated carbocycles. The molecule has 0 unspecified atom stereocenters. The average Bonchev–Trinajstić information content (AvgIpc) is 3.41. The van der Waals surface area contributed by atoms with Crippen LogP contribution in [-0.2, 0) is 4.43 Å². The van der Waals surface area contributed by atoms with E-state index in [9.17, 15) is 0 Å². The summed E-state index contributed by atoms with van der Waals surface area (Å²) in [5, 5.41) is 14.3. The second-order valence-corrected chi connectivity index (χ2v) is 19.4. The Morgan fingerprint density at radius 2 is 1.58 bits per heavy atom. The molecular formula is C40H55N5O2Si. The fourth-order valence-electron chi connectivity index (χ4n) is 6.05. The first-order chi connectivity index (χ1) is 23.1. The summed E-state index contributed by atoms with van der Waals surface area (Å²) in [6, 6.07) is 21.2. The van der Waals surface area contributed by atoms with Crippen LogP contribution in [0.4, 0.5) is 5.82 Å². The van der Waals surface area contributed by atoms with Gasteiger partial charge in [0.1, 0.15) is 5.82 Å². The second kappa shape index (κ2) is 16.3. The first-order valence-corrected chi connectivity index (χ1v) is 20.8. The van der Waals surface area contributed by atoms with Crippen LogP contribution >= 0.6 is 0 Å². The zero-order valence-corrected chi connectivity index (χ0v) is 31.1. The molecule has 48 heavy (non-hydrogen) atoms. The third kappa shape index (κ3) is 8.94. The van der Waals surface area contributed by atoms with Crippen LogP contribution in [0.25, 0.3) is 28.0 Å². The number of aliphatic hydroxyl groups is 1. The lowest BCUT2D eigenvalue weighted by Gasteiger charge is -2.38. The Morgan fingerprint density at radius 3 is 2.31 bits per heavy atom. The molecule has 5 rings (SSSR count). The van der Waals surface area contributed by atoms with Gasteiger partial charge in [-0.3, -0.25) is 4.90 Å². The molecule has 2 aromatic carbocycles. The number of aromatic nitrogens is 3. The highest BCUT2D eigenvalue weighted by molar-refractivity contribution is 6.74. The van der Waals surface area contributed by atoms with E-state index in [-0.39, 0.29) is 11.6 Å². The summed E-state index contributed by atoms with van der Waals surface area (Å²) in [4.78, 5) is 10.3. The van der Waals surface area contributed by atoms with E-state index in [0.29, 0.717) is 0 Å². The highest BCUT2D eigenvalue weighted by Gasteiger charge is 2.37. The highest BCUT2D eigenvalue weighted by atomic mass is 28.4. The summed E-state index contributed by atoms with van der Waals surface area (Å²) < 4.78 is 8.55. The number of hydrogen-bond acceptors (Lipinski definition) is 6. The van der Waals surface area contributed by atoms with Gasteiger partial charge in [0.25, 0.3) is 0 Å². The molecule has 1 aliphatic rings. The van der Waals surface area contributed by atoms with Crippen molar-refractivity contribution in [2.45, 2.75) is 84.4 Å². The molecule has 0 atom stereocenters. The molecule has 8 heteroatoms. The molecule has 2 aromatic heterocycles. The SMILES string of the molecule is Cc1nn2c(N3CCN(CCO[Si](C)(C)C(C)(C)C)CC3)cc(-c3cccc(C#CCCCCCCCO)c3)nc2c1-c1ccccc1. The smallest absolute Gasteiger partial charge is 0.192 e. The normalized spacial score (nSPS) is 14.4. The zero-order valence-electron chi connectivity index (χ0n) is 30.1. The molecule has 0 spiro atoms. The molecule has 0 radical (unpaired) electrons. The molecule has 4 aromatic rings. The molecule has 1 fully saturated rings. The molecular weight excluding hydrogens is 611 g/mol. The van der Waals surface area contributed by atoms with Gasteiger partial charge in [-0.05, 0) is 55.6 Å². The number of aliphatic hydroxyl groups excluding tert-OH is 1. The number of unbranched alkanes of at least 4 members (excludes halogenated alkanes) is 5. The van der Waals surface area contributed by atoms with Gasteiger partial charge in [0, 0.05) is 75.1 Å². The number of benzene rings is 2. The number of rotatable bonds is 13. The summed E-state index contributed by atoms with van der Waals surface area (Å²) in [5.41, 5.74) is 7.08. The summed E-state index contributed by atoms with van der Waals surface area (Å²) in [6.45, 7) is 19.5. The van der Waals surface area contributed by atoms with Gasteiger partial charge in [-0.15, -0.1) is 0 Å². The van der Waals surface area contributed by atoms with Crippen molar-refractivity contribution in [3.05, 3.63) is 71.9 Å². The van der Waals surface area contributed by atoms with Crippen LogP contribution in [0.2, 0.25) is 18.1 Å². The first-order valence-electron chi connectivity index (χ1n) is 17.8. The molecule has 7 nitrogen and oxygen atoms in total. The fourth-order valence-corrected chi connectivity index (χ4v) is 7.08. The molecule has 1 N–H and O–H groups in total. The number of fused-ring (bicyclic) bond motifs is 1. The quantitative estimate of drug-likeness (QED) is 0.0883. The van der Waals surface area contributed by atoms with E-state index >= 15 is 0 Å². The lowest BCUT2D eigenvalue weighted by Crippen LogP contribution is -2.49. The van der Waals surface area contributed by atoms with E-state index in [2.05, 4.69) is 128 Å².